The molecule has 1 atom stereocenters. The van der Waals surface area contributed by atoms with Crippen molar-refractivity contribution < 1.29 is 14.4 Å². The van der Waals surface area contributed by atoms with Gasteiger partial charge in [-0.2, -0.15) is 5.10 Å². The minimum Gasteiger partial charge on any atom is -0.340 e. The Morgan fingerprint density at radius 2 is 1.38 bits per heavy atom. The lowest BCUT2D eigenvalue weighted by Crippen LogP contribution is -2.54. The SMILES string of the molecule is Cc1ccccc1C(=O)NC(C(=O)NNC(=O)c1cn(-c2ccccc2)nc1-c1ccccc1)C(C)C. The van der Waals surface area contributed by atoms with Crippen LogP contribution in [-0.4, -0.2) is 33.5 Å². The first kappa shape index (κ1) is 25.4. The molecule has 1 heterocycles. The van der Waals surface area contributed by atoms with Gasteiger partial charge in [0.05, 0.1) is 11.3 Å². The molecule has 0 saturated carbocycles. The van der Waals surface area contributed by atoms with Crippen LogP contribution in [0.3, 0.4) is 0 Å². The first-order chi connectivity index (χ1) is 17.8. The zero-order valence-corrected chi connectivity index (χ0v) is 20.9. The first-order valence-corrected chi connectivity index (χ1v) is 12.0. The van der Waals surface area contributed by atoms with Gasteiger partial charge in [0.25, 0.3) is 17.7 Å². The van der Waals surface area contributed by atoms with Gasteiger partial charge in [-0.1, -0.05) is 80.6 Å². The number of aryl methyl sites for hydroxylation is 1. The molecular weight excluding hydrogens is 466 g/mol. The zero-order chi connectivity index (χ0) is 26.4. The minimum absolute atomic E-state index is 0.217. The van der Waals surface area contributed by atoms with Gasteiger partial charge >= 0.3 is 0 Å². The van der Waals surface area contributed by atoms with E-state index in [9.17, 15) is 14.4 Å². The minimum atomic E-state index is -0.854. The molecule has 1 aromatic heterocycles. The monoisotopic (exact) mass is 495 g/mol. The molecule has 4 rings (SSSR count). The van der Waals surface area contributed by atoms with E-state index in [1.165, 1.54) is 0 Å². The van der Waals surface area contributed by atoms with Crippen LogP contribution in [0.15, 0.2) is 91.1 Å². The molecule has 0 spiro atoms. The number of carbonyl (C=O) groups excluding carboxylic acids is 3. The smallest absolute Gasteiger partial charge is 0.273 e. The summed E-state index contributed by atoms with van der Waals surface area (Å²) in [6.45, 7) is 5.47. The Morgan fingerprint density at radius 1 is 0.757 bits per heavy atom. The molecule has 0 fully saturated rings. The van der Waals surface area contributed by atoms with Crippen molar-refractivity contribution >= 4 is 17.7 Å². The van der Waals surface area contributed by atoms with Crippen molar-refractivity contribution in [3.8, 4) is 16.9 Å². The Hall–Kier alpha value is -4.72. The Balaban J connectivity index is 1.52. The van der Waals surface area contributed by atoms with E-state index < -0.39 is 17.9 Å². The van der Waals surface area contributed by atoms with Crippen molar-refractivity contribution in [1.82, 2.24) is 25.9 Å². The lowest BCUT2D eigenvalue weighted by atomic mass is 10.0. The maximum atomic E-state index is 13.2. The molecule has 8 heteroatoms. The molecule has 0 bridgehead atoms. The summed E-state index contributed by atoms with van der Waals surface area (Å²) in [7, 11) is 0. The second kappa shape index (κ2) is 11.3. The van der Waals surface area contributed by atoms with Crippen LogP contribution in [0.1, 0.15) is 40.1 Å². The second-order valence-electron chi connectivity index (χ2n) is 8.99. The van der Waals surface area contributed by atoms with E-state index in [1.807, 2.05) is 93.6 Å². The summed E-state index contributed by atoms with van der Waals surface area (Å²) in [5.41, 5.74) is 8.58. The predicted octanol–water partition coefficient (Wildman–Crippen LogP) is 4.06. The fourth-order valence-corrected chi connectivity index (χ4v) is 3.91. The van der Waals surface area contributed by atoms with Gasteiger partial charge in [-0.15, -0.1) is 0 Å². The molecule has 188 valence electrons. The Morgan fingerprint density at radius 3 is 2.03 bits per heavy atom. The predicted molar refractivity (Wildman–Crippen MR) is 142 cm³/mol. The van der Waals surface area contributed by atoms with Crippen LogP contribution >= 0.6 is 0 Å². The second-order valence-corrected chi connectivity index (χ2v) is 8.99. The third-order valence-corrected chi connectivity index (χ3v) is 5.95. The number of aromatic nitrogens is 2. The van der Waals surface area contributed by atoms with Crippen molar-refractivity contribution in [3.63, 3.8) is 0 Å². The highest BCUT2D eigenvalue weighted by atomic mass is 16.2. The normalized spacial score (nSPS) is 11.6. The Bertz CT molecular complexity index is 1400. The maximum absolute atomic E-state index is 13.2. The molecule has 4 aromatic rings. The standard InChI is InChI=1S/C29H29N5O3/c1-19(2)25(30-27(35)23-17-11-10-12-20(23)3)29(37)32-31-28(36)24-18-34(22-15-8-5-9-16-22)33-26(24)21-13-6-4-7-14-21/h4-19,25H,1-3H3,(H,30,35)(H,31,36)(H,32,37). The summed E-state index contributed by atoms with van der Waals surface area (Å²) in [6, 6.07) is 25.1. The highest BCUT2D eigenvalue weighted by molar-refractivity contribution is 6.02. The van der Waals surface area contributed by atoms with Gasteiger partial charge in [0.2, 0.25) is 0 Å². The van der Waals surface area contributed by atoms with Crippen molar-refractivity contribution in [1.29, 1.82) is 0 Å². The fraction of sp³-hybridized carbons (Fsp3) is 0.172. The quantitative estimate of drug-likeness (QED) is 0.336. The lowest BCUT2D eigenvalue weighted by Gasteiger charge is -2.22. The molecule has 8 nitrogen and oxygen atoms in total. The number of rotatable bonds is 7. The summed E-state index contributed by atoms with van der Waals surface area (Å²) in [5, 5.41) is 7.41. The molecule has 0 aliphatic rings. The van der Waals surface area contributed by atoms with Crippen LogP contribution in [-0.2, 0) is 4.79 Å². The van der Waals surface area contributed by atoms with E-state index in [1.54, 1.807) is 23.0 Å². The van der Waals surface area contributed by atoms with Gasteiger partial charge in [-0.3, -0.25) is 25.2 Å². The van der Waals surface area contributed by atoms with Crippen LogP contribution < -0.4 is 16.2 Å². The maximum Gasteiger partial charge on any atom is 0.273 e. The average molecular weight is 496 g/mol. The summed E-state index contributed by atoms with van der Waals surface area (Å²) in [5.74, 6) is -1.62. The summed E-state index contributed by atoms with van der Waals surface area (Å²) < 4.78 is 1.62. The van der Waals surface area contributed by atoms with Crippen LogP contribution in [0.5, 0.6) is 0 Å². The van der Waals surface area contributed by atoms with Crippen LogP contribution in [0, 0.1) is 12.8 Å². The van der Waals surface area contributed by atoms with Gasteiger partial charge in [0.15, 0.2) is 0 Å². The highest BCUT2D eigenvalue weighted by Gasteiger charge is 2.26. The molecule has 3 aromatic carbocycles. The Kier molecular flexibility index (Phi) is 7.78. The number of para-hydroxylation sites is 1. The molecule has 3 N–H and O–H groups in total. The number of benzene rings is 3. The van der Waals surface area contributed by atoms with Crippen LogP contribution in [0.4, 0.5) is 0 Å². The number of hydrogen-bond donors (Lipinski definition) is 3. The highest BCUT2D eigenvalue weighted by Crippen LogP contribution is 2.23. The van der Waals surface area contributed by atoms with Gasteiger partial charge in [0.1, 0.15) is 11.7 Å². The first-order valence-electron chi connectivity index (χ1n) is 12.0. The molecule has 3 amide bonds. The summed E-state index contributed by atoms with van der Waals surface area (Å²) in [6.07, 6.45) is 1.62. The number of nitrogens with zero attached hydrogens (tertiary/aromatic N) is 2. The van der Waals surface area contributed by atoms with Crippen molar-refractivity contribution in [3.05, 3.63) is 108 Å². The number of hydrazine groups is 1. The summed E-state index contributed by atoms with van der Waals surface area (Å²) in [4.78, 5) is 39.0. The molecular formula is C29H29N5O3. The number of carbonyl (C=O) groups is 3. The van der Waals surface area contributed by atoms with Crippen molar-refractivity contribution in [2.45, 2.75) is 26.8 Å². The van der Waals surface area contributed by atoms with Crippen molar-refractivity contribution in [2.75, 3.05) is 0 Å². The molecule has 0 aliphatic heterocycles. The fourth-order valence-electron chi connectivity index (χ4n) is 3.91. The van der Waals surface area contributed by atoms with E-state index in [4.69, 9.17) is 0 Å². The van der Waals surface area contributed by atoms with E-state index in [0.717, 1.165) is 16.8 Å². The van der Waals surface area contributed by atoms with E-state index in [-0.39, 0.29) is 11.8 Å². The van der Waals surface area contributed by atoms with Gasteiger partial charge < -0.3 is 5.32 Å². The van der Waals surface area contributed by atoms with Crippen molar-refractivity contribution in [2.24, 2.45) is 5.92 Å². The molecule has 0 saturated heterocycles. The summed E-state index contributed by atoms with van der Waals surface area (Å²) >= 11 is 0. The van der Waals surface area contributed by atoms with Crippen LogP contribution in [0.2, 0.25) is 0 Å². The van der Waals surface area contributed by atoms with Gasteiger partial charge in [-0.25, -0.2) is 4.68 Å². The molecule has 0 aliphatic carbocycles. The molecule has 37 heavy (non-hydrogen) atoms. The van der Waals surface area contributed by atoms with Gasteiger partial charge in [0, 0.05) is 17.3 Å². The number of hydrogen-bond acceptors (Lipinski definition) is 4. The topological polar surface area (TPSA) is 105 Å². The van der Waals surface area contributed by atoms with E-state index >= 15 is 0 Å². The number of amides is 3. The third kappa shape index (κ3) is 5.92. The Labute approximate surface area is 215 Å². The van der Waals surface area contributed by atoms with Crippen LogP contribution in [0.25, 0.3) is 16.9 Å². The van der Waals surface area contributed by atoms with E-state index in [2.05, 4.69) is 21.3 Å². The largest absolute Gasteiger partial charge is 0.340 e. The van der Waals surface area contributed by atoms with E-state index in [0.29, 0.717) is 16.8 Å². The average Bonchev–Trinajstić information content (AvgIpc) is 3.37. The lowest BCUT2D eigenvalue weighted by molar-refractivity contribution is -0.124. The zero-order valence-electron chi connectivity index (χ0n) is 20.9. The molecule has 1 unspecified atom stereocenters. The number of nitrogens with one attached hydrogen (secondary N) is 3. The van der Waals surface area contributed by atoms with Gasteiger partial charge in [-0.05, 0) is 36.6 Å². The molecule has 0 radical (unpaired) electrons. The third-order valence-electron chi connectivity index (χ3n) is 5.95.